The minimum absolute atomic E-state index is 0.160. The van der Waals surface area contributed by atoms with E-state index in [-0.39, 0.29) is 23.4 Å². The summed E-state index contributed by atoms with van der Waals surface area (Å²) in [5, 5.41) is 3.02. The third-order valence-corrected chi connectivity index (χ3v) is 7.53. The molecule has 33 heavy (non-hydrogen) atoms. The Bertz CT molecular complexity index is 1220. The molecule has 0 spiro atoms. The molecule has 0 unspecified atom stereocenters. The number of amides is 1. The highest BCUT2D eigenvalue weighted by Crippen LogP contribution is 2.28. The van der Waals surface area contributed by atoms with Crippen molar-refractivity contribution in [2.45, 2.75) is 52.0 Å². The first-order chi connectivity index (χ1) is 15.6. The summed E-state index contributed by atoms with van der Waals surface area (Å²) in [4.78, 5) is 13.3. The highest BCUT2D eigenvalue weighted by atomic mass is 32.2. The topological polar surface area (TPSA) is 66.5 Å². The van der Waals surface area contributed by atoms with Crippen LogP contribution < -0.4 is 9.62 Å². The summed E-state index contributed by atoms with van der Waals surface area (Å²) in [6, 6.07) is 20.1. The number of aryl methyl sites for hydroxylation is 4. The van der Waals surface area contributed by atoms with Gasteiger partial charge >= 0.3 is 0 Å². The highest BCUT2D eigenvalue weighted by molar-refractivity contribution is 7.92. The number of anilines is 1. The van der Waals surface area contributed by atoms with Crippen LogP contribution in [0.5, 0.6) is 0 Å². The number of nitrogens with one attached hydrogen (secondary N) is 1. The van der Waals surface area contributed by atoms with Gasteiger partial charge in [-0.25, -0.2) is 8.42 Å². The molecule has 6 heteroatoms. The van der Waals surface area contributed by atoms with Crippen LogP contribution in [-0.4, -0.2) is 20.9 Å². The van der Waals surface area contributed by atoms with Crippen molar-refractivity contribution in [3.05, 3.63) is 94.5 Å². The number of benzene rings is 3. The third kappa shape index (κ3) is 5.82. The summed E-state index contributed by atoms with van der Waals surface area (Å²) in [5.74, 6) is -0.348. The molecule has 3 aromatic carbocycles. The van der Waals surface area contributed by atoms with Crippen LogP contribution in [-0.2, 0) is 14.8 Å². The second kappa shape index (κ2) is 10.2. The van der Waals surface area contributed by atoms with E-state index in [4.69, 9.17) is 0 Å². The third-order valence-electron chi connectivity index (χ3n) is 5.75. The molecule has 3 aromatic rings. The first-order valence-corrected chi connectivity index (χ1v) is 12.6. The molecular weight excluding hydrogens is 432 g/mol. The van der Waals surface area contributed by atoms with Crippen LogP contribution in [0.25, 0.3) is 0 Å². The van der Waals surface area contributed by atoms with E-state index in [1.165, 1.54) is 4.31 Å². The van der Waals surface area contributed by atoms with Crippen LogP contribution in [0.3, 0.4) is 0 Å². The van der Waals surface area contributed by atoms with E-state index in [2.05, 4.69) is 5.32 Å². The smallest absolute Gasteiger partial charge is 0.264 e. The lowest BCUT2D eigenvalue weighted by Gasteiger charge is -2.27. The number of carbonyl (C=O) groups excluding carboxylic acids is 1. The van der Waals surface area contributed by atoms with Crippen LogP contribution >= 0.6 is 0 Å². The second-order valence-corrected chi connectivity index (χ2v) is 10.4. The Morgan fingerprint density at radius 1 is 0.848 bits per heavy atom. The Morgan fingerprint density at radius 3 is 1.97 bits per heavy atom. The normalized spacial score (nSPS) is 12.3. The predicted molar refractivity (Wildman–Crippen MR) is 134 cm³/mol. The van der Waals surface area contributed by atoms with E-state index in [9.17, 15) is 13.2 Å². The van der Waals surface area contributed by atoms with Gasteiger partial charge in [-0.2, -0.15) is 0 Å². The van der Waals surface area contributed by atoms with Crippen molar-refractivity contribution in [1.82, 2.24) is 5.32 Å². The molecule has 0 aromatic heterocycles. The molecule has 0 saturated heterocycles. The number of hydrogen-bond donors (Lipinski definition) is 1. The molecule has 0 saturated carbocycles. The molecule has 0 bridgehead atoms. The zero-order chi connectivity index (χ0) is 24.2. The molecule has 174 valence electrons. The van der Waals surface area contributed by atoms with E-state index in [1.807, 2.05) is 77.1 Å². The number of rotatable bonds is 8. The molecule has 3 rings (SSSR count). The highest BCUT2D eigenvalue weighted by Gasteiger charge is 2.29. The predicted octanol–water partition coefficient (Wildman–Crippen LogP) is 5.38. The maximum absolute atomic E-state index is 13.7. The fourth-order valence-corrected chi connectivity index (χ4v) is 5.19. The van der Waals surface area contributed by atoms with Crippen LogP contribution in [0.15, 0.2) is 71.6 Å². The fourth-order valence-electron chi connectivity index (χ4n) is 3.72. The molecule has 0 radical (unpaired) electrons. The van der Waals surface area contributed by atoms with Crippen molar-refractivity contribution in [3.8, 4) is 0 Å². The lowest BCUT2D eigenvalue weighted by atomic mass is 10.0. The molecule has 0 fully saturated rings. The van der Waals surface area contributed by atoms with Crippen molar-refractivity contribution in [2.24, 2.45) is 0 Å². The monoisotopic (exact) mass is 464 g/mol. The Kier molecular flexibility index (Phi) is 7.59. The number of sulfonamides is 1. The van der Waals surface area contributed by atoms with Gasteiger partial charge in [0.05, 0.1) is 16.6 Å². The summed E-state index contributed by atoms with van der Waals surface area (Å²) in [6.07, 6.45) is 0.697. The molecule has 1 atom stereocenters. The van der Waals surface area contributed by atoms with Gasteiger partial charge in [-0.15, -0.1) is 0 Å². The maximum Gasteiger partial charge on any atom is 0.264 e. The summed E-state index contributed by atoms with van der Waals surface area (Å²) in [6.45, 7) is 9.37. The Balaban J connectivity index is 1.95. The lowest BCUT2D eigenvalue weighted by Crippen LogP contribution is -2.42. The van der Waals surface area contributed by atoms with Gasteiger partial charge in [-0.1, -0.05) is 66.6 Å². The molecule has 0 aliphatic rings. The van der Waals surface area contributed by atoms with Gasteiger partial charge in [0, 0.05) is 0 Å². The van der Waals surface area contributed by atoms with Gasteiger partial charge in [0.25, 0.3) is 10.0 Å². The SMILES string of the molecule is CC[C@H](NC(=O)CN(c1cc(C)ccc1C)S(=O)(=O)c1ccc(C)cc1)c1ccc(C)cc1. The van der Waals surface area contributed by atoms with Crippen molar-refractivity contribution in [3.63, 3.8) is 0 Å². The van der Waals surface area contributed by atoms with Gasteiger partial charge in [0.15, 0.2) is 0 Å². The molecule has 0 aliphatic heterocycles. The maximum atomic E-state index is 13.7. The van der Waals surface area contributed by atoms with Crippen LogP contribution in [0.1, 0.15) is 47.2 Å². The van der Waals surface area contributed by atoms with Crippen molar-refractivity contribution < 1.29 is 13.2 Å². The Morgan fingerprint density at radius 2 is 1.39 bits per heavy atom. The van der Waals surface area contributed by atoms with Crippen LogP contribution in [0.4, 0.5) is 5.69 Å². The molecule has 0 aliphatic carbocycles. The molecule has 0 heterocycles. The van der Waals surface area contributed by atoms with E-state index in [0.717, 1.165) is 27.8 Å². The second-order valence-electron chi connectivity index (χ2n) is 8.55. The van der Waals surface area contributed by atoms with E-state index in [1.54, 1.807) is 24.3 Å². The van der Waals surface area contributed by atoms with Gasteiger partial charge < -0.3 is 5.32 Å². The summed E-state index contributed by atoms with van der Waals surface area (Å²) in [5.41, 5.74) is 5.32. The number of carbonyl (C=O) groups is 1. The average Bonchev–Trinajstić information content (AvgIpc) is 2.78. The van der Waals surface area contributed by atoms with E-state index < -0.39 is 10.0 Å². The first-order valence-electron chi connectivity index (χ1n) is 11.1. The average molecular weight is 465 g/mol. The Labute approximate surface area is 197 Å². The van der Waals surface area contributed by atoms with Gasteiger partial charge in [0.2, 0.25) is 5.91 Å². The molecular formula is C27H32N2O3S. The molecule has 1 N–H and O–H groups in total. The Hall–Kier alpha value is -3.12. The minimum atomic E-state index is -3.95. The largest absolute Gasteiger partial charge is 0.348 e. The van der Waals surface area contributed by atoms with E-state index in [0.29, 0.717) is 12.1 Å². The van der Waals surface area contributed by atoms with Crippen LogP contribution in [0, 0.1) is 27.7 Å². The van der Waals surface area contributed by atoms with Gasteiger partial charge in [0.1, 0.15) is 6.54 Å². The van der Waals surface area contributed by atoms with Gasteiger partial charge in [-0.3, -0.25) is 9.10 Å². The van der Waals surface area contributed by atoms with Crippen molar-refractivity contribution >= 4 is 21.6 Å². The zero-order valence-electron chi connectivity index (χ0n) is 19.9. The lowest BCUT2D eigenvalue weighted by molar-refractivity contribution is -0.120. The standard InChI is InChI=1S/C27H32N2O3S/c1-6-25(23-13-8-19(2)9-14-23)28-27(30)18-29(26-17-21(4)7-12-22(26)5)33(31,32)24-15-10-20(3)11-16-24/h7-17,25H,6,18H2,1-5H3,(H,28,30)/t25-/m0/s1. The van der Waals surface area contributed by atoms with E-state index >= 15 is 0 Å². The minimum Gasteiger partial charge on any atom is -0.348 e. The van der Waals surface area contributed by atoms with Crippen LogP contribution in [0.2, 0.25) is 0 Å². The molecule has 1 amide bonds. The molecule has 5 nitrogen and oxygen atoms in total. The first kappa shape index (κ1) is 24.5. The summed E-state index contributed by atoms with van der Waals surface area (Å²) in [7, 11) is -3.95. The number of hydrogen-bond acceptors (Lipinski definition) is 3. The zero-order valence-corrected chi connectivity index (χ0v) is 20.7. The number of nitrogens with zero attached hydrogens (tertiary/aromatic N) is 1. The van der Waals surface area contributed by atoms with Crippen molar-refractivity contribution in [1.29, 1.82) is 0 Å². The summed E-state index contributed by atoms with van der Waals surface area (Å²) < 4.78 is 28.5. The summed E-state index contributed by atoms with van der Waals surface area (Å²) >= 11 is 0. The quantitative estimate of drug-likeness (QED) is 0.486. The van der Waals surface area contributed by atoms with Crippen molar-refractivity contribution in [2.75, 3.05) is 10.8 Å². The fraction of sp³-hybridized carbons (Fsp3) is 0.296. The van der Waals surface area contributed by atoms with Gasteiger partial charge in [-0.05, 0) is 69.0 Å².